The number of furan rings is 1. The van der Waals surface area contributed by atoms with E-state index in [2.05, 4.69) is 4.42 Å². The summed E-state index contributed by atoms with van der Waals surface area (Å²) in [6, 6.07) is -0.841. The first-order valence-electron chi connectivity index (χ1n) is 4.09. The Morgan fingerprint density at radius 3 is 2.06 bits per heavy atom. The van der Waals surface area contributed by atoms with Crippen molar-refractivity contribution in [3.8, 4) is 0 Å². The largest absolute Gasteiger partial charge is 0.456 e. The van der Waals surface area contributed by atoms with Gasteiger partial charge in [0.05, 0.1) is 0 Å². The van der Waals surface area contributed by atoms with Crippen LogP contribution in [0, 0.1) is 0 Å². The van der Waals surface area contributed by atoms with Gasteiger partial charge in [0.1, 0.15) is 11.8 Å². The Hall–Kier alpha value is -1.18. The van der Waals surface area contributed by atoms with E-state index in [0.29, 0.717) is 6.07 Å². The van der Waals surface area contributed by atoms with Crippen LogP contribution in [0.5, 0.6) is 0 Å². The zero-order chi connectivity index (χ0) is 12.6. The van der Waals surface area contributed by atoms with E-state index in [1.807, 2.05) is 0 Å². The van der Waals surface area contributed by atoms with Gasteiger partial charge < -0.3 is 10.2 Å². The summed E-state index contributed by atoms with van der Waals surface area (Å²) in [4.78, 5) is 0. The Bertz CT molecular complexity index is 352. The van der Waals surface area contributed by atoms with Crippen molar-refractivity contribution in [1.82, 2.24) is 0 Å². The molecule has 1 unspecified atom stereocenters. The van der Waals surface area contributed by atoms with Crippen LogP contribution < -0.4 is 5.73 Å². The van der Waals surface area contributed by atoms with E-state index in [-0.39, 0.29) is 0 Å². The Morgan fingerprint density at radius 2 is 1.69 bits per heavy atom. The van der Waals surface area contributed by atoms with Gasteiger partial charge in [0, 0.05) is 6.42 Å². The highest BCUT2D eigenvalue weighted by Crippen LogP contribution is 2.31. The molecule has 1 aromatic rings. The fourth-order valence-electron chi connectivity index (χ4n) is 0.972. The lowest BCUT2D eigenvalue weighted by Crippen LogP contribution is -2.38. The zero-order valence-corrected chi connectivity index (χ0v) is 7.69. The first-order valence-corrected chi connectivity index (χ1v) is 4.09. The standard InChI is InChI=1S/C8H7F6NO/c9-7(10,11)5(15)3-4-1-2-6(16-4)8(12,13)14/h1-2,5H,3,15H2. The molecule has 0 aliphatic carbocycles. The number of alkyl halides is 6. The van der Waals surface area contributed by atoms with Crippen molar-refractivity contribution in [2.45, 2.75) is 24.8 Å². The molecule has 0 amide bonds. The first-order chi connectivity index (χ1) is 7.10. The molecule has 92 valence electrons. The van der Waals surface area contributed by atoms with Gasteiger partial charge in [-0.2, -0.15) is 26.3 Å². The maximum Gasteiger partial charge on any atom is 0.449 e. The molecule has 0 saturated heterocycles. The van der Waals surface area contributed by atoms with E-state index in [9.17, 15) is 26.3 Å². The molecule has 8 heteroatoms. The Kier molecular flexibility index (Phi) is 3.22. The molecule has 0 aliphatic rings. The van der Waals surface area contributed by atoms with E-state index in [0.717, 1.165) is 6.07 Å². The maximum absolute atomic E-state index is 12.0. The van der Waals surface area contributed by atoms with Crippen molar-refractivity contribution in [2.24, 2.45) is 5.73 Å². The van der Waals surface area contributed by atoms with Crippen molar-refractivity contribution >= 4 is 0 Å². The van der Waals surface area contributed by atoms with Crippen LogP contribution in [0.25, 0.3) is 0 Å². The number of rotatable bonds is 2. The van der Waals surface area contributed by atoms with Gasteiger partial charge in [0.25, 0.3) is 0 Å². The van der Waals surface area contributed by atoms with Gasteiger partial charge in [0.15, 0.2) is 0 Å². The fourth-order valence-corrected chi connectivity index (χ4v) is 0.972. The molecule has 0 saturated carbocycles. The third-order valence-electron chi connectivity index (χ3n) is 1.78. The van der Waals surface area contributed by atoms with Crippen LogP contribution in [0.3, 0.4) is 0 Å². The minimum atomic E-state index is -4.71. The average molecular weight is 247 g/mol. The summed E-state index contributed by atoms with van der Waals surface area (Å²) in [5.41, 5.74) is 4.73. The normalized spacial score (nSPS) is 15.2. The van der Waals surface area contributed by atoms with Crippen molar-refractivity contribution in [2.75, 3.05) is 0 Å². The molecule has 2 N–H and O–H groups in total. The summed E-state index contributed by atoms with van der Waals surface area (Å²) in [6.45, 7) is 0. The molecule has 0 aromatic carbocycles. The lowest BCUT2D eigenvalue weighted by atomic mass is 10.2. The van der Waals surface area contributed by atoms with Crippen LogP contribution >= 0.6 is 0 Å². The summed E-state index contributed by atoms with van der Waals surface area (Å²) in [6.07, 6.45) is -10.2. The summed E-state index contributed by atoms with van der Waals surface area (Å²) in [5, 5.41) is 0. The average Bonchev–Trinajstić information content (AvgIpc) is 2.49. The minimum absolute atomic E-state index is 0.447. The van der Waals surface area contributed by atoms with Gasteiger partial charge in [-0.1, -0.05) is 0 Å². The molecule has 1 heterocycles. The molecular weight excluding hydrogens is 240 g/mol. The lowest BCUT2D eigenvalue weighted by Gasteiger charge is -2.13. The van der Waals surface area contributed by atoms with Gasteiger partial charge >= 0.3 is 12.4 Å². The summed E-state index contributed by atoms with van der Waals surface area (Å²) in [7, 11) is 0. The lowest BCUT2D eigenvalue weighted by molar-refractivity contribution is -0.155. The van der Waals surface area contributed by atoms with E-state index in [1.54, 1.807) is 0 Å². The minimum Gasteiger partial charge on any atom is -0.456 e. The molecule has 2 nitrogen and oxygen atoms in total. The quantitative estimate of drug-likeness (QED) is 0.816. The third-order valence-corrected chi connectivity index (χ3v) is 1.78. The van der Waals surface area contributed by atoms with Crippen molar-refractivity contribution in [3.05, 3.63) is 23.7 Å². The van der Waals surface area contributed by atoms with Crippen LogP contribution in [-0.2, 0) is 12.6 Å². The van der Waals surface area contributed by atoms with Crippen LogP contribution in [0.15, 0.2) is 16.5 Å². The molecule has 1 aromatic heterocycles. The van der Waals surface area contributed by atoms with Gasteiger partial charge in [-0.3, -0.25) is 0 Å². The predicted octanol–water partition coefficient (Wildman–Crippen LogP) is 2.73. The molecule has 0 bridgehead atoms. The Morgan fingerprint density at radius 1 is 1.12 bits per heavy atom. The monoisotopic (exact) mass is 247 g/mol. The predicted molar refractivity (Wildman–Crippen MR) is 41.4 cm³/mol. The number of nitrogens with two attached hydrogens (primary N) is 1. The van der Waals surface area contributed by atoms with E-state index >= 15 is 0 Å². The number of hydrogen-bond donors (Lipinski definition) is 1. The molecule has 1 atom stereocenters. The second kappa shape index (κ2) is 4.00. The molecule has 0 spiro atoms. The topological polar surface area (TPSA) is 39.2 Å². The van der Waals surface area contributed by atoms with Crippen LogP contribution in [0.2, 0.25) is 0 Å². The highest BCUT2D eigenvalue weighted by Gasteiger charge is 2.39. The molecule has 0 radical (unpaired) electrons. The highest BCUT2D eigenvalue weighted by molar-refractivity contribution is 5.11. The number of halogens is 6. The van der Waals surface area contributed by atoms with Crippen molar-refractivity contribution in [1.29, 1.82) is 0 Å². The fraction of sp³-hybridized carbons (Fsp3) is 0.500. The second-order valence-electron chi connectivity index (χ2n) is 3.12. The highest BCUT2D eigenvalue weighted by atomic mass is 19.4. The maximum atomic E-state index is 12.0. The Balaban J connectivity index is 2.74. The molecular formula is C8H7F6NO. The van der Waals surface area contributed by atoms with Crippen molar-refractivity contribution in [3.63, 3.8) is 0 Å². The van der Waals surface area contributed by atoms with Crippen molar-refractivity contribution < 1.29 is 30.8 Å². The van der Waals surface area contributed by atoms with Crippen LogP contribution in [0.1, 0.15) is 11.5 Å². The third kappa shape index (κ3) is 3.16. The molecule has 0 aliphatic heterocycles. The molecule has 1 rings (SSSR count). The number of hydrogen-bond acceptors (Lipinski definition) is 2. The van der Waals surface area contributed by atoms with Gasteiger partial charge in [-0.15, -0.1) is 0 Å². The smallest absolute Gasteiger partial charge is 0.449 e. The SMILES string of the molecule is NC(Cc1ccc(C(F)(F)F)o1)C(F)(F)F. The summed E-state index contributed by atoms with van der Waals surface area (Å²) < 4.78 is 76.2. The van der Waals surface area contributed by atoms with Gasteiger partial charge in [-0.25, -0.2) is 0 Å². The van der Waals surface area contributed by atoms with Crippen LogP contribution in [-0.4, -0.2) is 12.2 Å². The van der Waals surface area contributed by atoms with Gasteiger partial charge in [0.2, 0.25) is 5.76 Å². The molecule has 0 fully saturated rings. The van der Waals surface area contributed by atoms with Crippen LogP contribution in [0.4, 0.5) is 26.3 Å². The zero-order valence-electron chi connectivity index (χ0n) is 7.69. The molecule has 16 heavy (non-hydrogen) atoms. The van der Waals surface area contributed by atoms with E-state index in [1.165, 1.54) is 0 Å². The Labute approximate surface area is 86.0 Å². The summed E-state index contributed by atoms with van der Waals surface area (Å²) >= 11 is 0. The van der Waals surface area contributed by atoms with E-state index < -0.39 is 36.3 Å². The van der Waals surface area contributed by atoms with E-state index in [4.69, 9.17) is 5.73 Å². The first kappa shape index (κ1) is 12.9. The second-order valence-corrected chi connectivity index (χ2v) is 3.12. The summed E-state index contributed by atoms with van der Waals surface area (Å²) in [5.74, 6) is -1.78. The van der Waals surface area contributed by atoms with Gasteiger partial charge in [-0.05, 0) is 12.1 Å².